The van der Waals surface area contributed by atoms with Crippen LogP contribution < -0.4 is 5.32 Å². The number of carbonyl (C=O) groups excluding carboxylic acids is 1. The predicted molar refractivity (Wildman–Crippen MR) is 79.1 cm³/mol. The highest BCUT2D eigenvalue weighted by Gasteiger charge is 2.27. The van der Waals surface area contributed by atoms with Gasteiger partial charge in [-0.15, -0.1) is 11.8 Å². The van der Waals surface area contributed by atoms with Gasteiger partial charge in [0.25, 0.3) is 0 Å². The van der Waals surface area contributed by atoms with Crippen LogP contribution in [0.1, 0.15) is 25.7 Å². The van der Waals surface area contributed by atoms with Crippen molar-refractivity contribution in [2.75, 3.05) is 13.3 Å². The first-order valence-corrected chi connectivity index (χ1v) is 8.16. The normalized spacial score (nSPS) is 22.7. The second-order valence-corrected chi connectivity index (χ2v) is 6.19. The summed E-state index contributed by atoms with van der Waals surface area (Å²) in [5, 5.41) is 22.6. The number of aromatic hydroxyl groups is 2. The fourth-order valence-corrected chi connectivity index (χ4v) is 3.42. The molecule has 0 radical (unpaired) electrons. The summed E-state index contributed by atoms with van der Waals surface area (Å²) in [4.78, 5) is 12.3. The van der Waals surface area contributed by atoms with Gasteiger partial charge in [-0.3, -0.25) is 9.36 Å². The van der Waals surface area contributed by atoms with Crippen molar-refractivity contribution in [3.05, 3.63) is 6.07 Å². The van der Waals surface area contributed by atoms with E-state index in [-0.39, 0.29) is 23.6 Å². The number of nitrogens with zero attached hydrogens (tertiary/aromatic N) is 1. The van der Waals surface area contributed by atoms with Gasteiger partial charge in [0.2, 0.25) is 11.8 Å². The van der Waals surface area contributed by atoms with Crippen LogP contribution in [0.15, 0.2) is 11.0 Å². The molecule has 1 aromatic heterocycles. The summed E-state index contributed by atoms with van der Waals surface area (Å²) in [6.07, 6.45) is 5.52. The van der Waals surface area contributed by atoms with E-state index in [1.165, 1.54) is 11.8 Å². The molecule has 3 N–H and O–H groups in total. The molecule has 20 heavy (non-hydrogen) atoms. The van der Waals surface area contributed by atoms with Crippen molar-refractivity contribution in [2.24, 2.45) is 11.8 Å². The average molecular weight is 298 g/mol. The Balaban J connectivity index is 1.96. The lowest BCUT2D eigenvalue weighted by Gasteiger charge is -2.28. The first-order chi connectivity index (χ1) is 9.56. The topological polar surface area (TPSA) is 74.5 Å². The molecule has 0 aromatic carbocycles. The summed E-state index contributed by atoms with van der Waals surface area (Å²) < 4.78 is 1.57. The summed E-state index contributed by atoms with van der Waals surface area (Å²) in [6.45, 7) is 0.610. The van der Waals surface area contributed by atoms with Crippen molar-refractivity contribution in [3.63, 3.8) is 0 Å². The van der Waals surface area contributed by atoms with E-state index < -0.39 is 0 Å². The van der Waals surface area contributed by atoms with Crippen LogP contribution in [0.5, 0.6) is 11.8 Å². The fraction of sp³-hybridized carbons (Fsp3) is 0.643. The van der Waals surface area contributed by atoms with Gasteiger partial charge < -0.3 is 15.5 Å². The molecule has 0 atom stereocenters. The molecule has 112 valence electrons. The lowest BCUT2D eigenvalue weighted by atomic mass is 9.81. The van der Waals surface area contributed by atoms with Gasteiger partial charge in [0, 0.05) is 25.6 Å². The molecule has 6 heteroatoms. The van der Waals surface area contributed by atoms with Crippen LogP contribution in [-0.4, -0.2) is 34.0 Å². The molecule has 0 bridgehead atoms. The monoisotopic (exact) mass is 298 g/mol. The summed E-state index contributed by atoms with van der Waals surface area (Å²) in [6, 6.07) is 1.59. The van der Waals surface area contributed by atoms with E-state index >= 15 is 0 Å². The molecule has 1 saturated carbocycles. The van der Waals surface area contributed by atoms with Crippen molar-refractivity contribution in [2.45, 2.75) is 37.1 Å². The zero-order chi connectivity index (χ0) is 14.7. The molecule has 0 aliphatic heterocycles. The maximum Gasteiger partial charge on any atom is 0.222 e. The van der Waals surface area contributed by atoms with Crippen molar-refractivity contribution >= 4 is 17.7 Å². The van der Waals surface area contributed by atoms with E-state index in [0.717, 1.165) is 25.7 Å². The molecular weight excluding hydrogens is 276 g/mol. The van der Waals surface area contributed by atoms with Gasteiger partial charge in [-0.25, -0.2) is 0 Å². The van der Waals surface area contributed by atoms with E-state index in [9.17, 15) is 15.0 Å². The highest BCUT2D eigenvalue weighted by molar-refractivity contribution is 7.98. The molecule has 0 spiro atoms. The fourth-order valence-electron chi connectivity index (χ4n) is 2.90. The minimum absolute atomic E-state index is 0.111. The molecule has 0 unspecified atom stereocenters. The summed E-state index contributed by atoms with van der Waals surface area (Å²) in [7, 11) is 1.67. The van der Waals surface area contributed by atoms with Crippen LogP contribution in [0.4, 0.5) is 0 Å². The van der Waals surface area contributed by atoms with E-state index in [0.29, 0.717) is 17.4 Å². The number of carbonyl (C=O) groups is 1. The Morgan fingerprint density at radius 1 is 1.40 bits per heavy atom. The largest absolute Gasteiger partial charge is 0.494 e. The number of rotatable bonds is 4. The lowest BCUT2D eigenvalue weighted by Crippen LogP contribution is -2.31. The van der Waals surface area contributed by atoms with Crippen LogP contribution >= 0.6 is 11.8 Å². The van der Waals surface area contributed by atoms with Gasteiger partial charge in [0.15, 0.2) is 5.88 Å². The van der Waals surface area contributed by atoms with Crippen LogP contribution in [0.2, 0.25) is 0 Å². The third kappa shape index (κ3) is 3.06. The molecule has 1 aromatic rings. The van der Waals surface area contributed by atoms with Crippen LogP contribution in [0, 0.1) is 11.8 Å². The summed E-state index contributed by atoms with van der Waals surface area (Å²) in [5.74, 6) is 0.892. The lowest BCUT2D eigenvalue weighted by molar-refractivity contribution is -0.125. The minimum atomic E-state index is 0.111. The maximum atomic E-state index is 11.6. The van der Waals surface area contributed by atoms with Gasteiger partial charge >= 0.3 is 0 Å². The smallest absolute Gasteiger partial charge is 0.222 e. The minimum Gasteiger partial charge on any atom is -0.494 e. The van der Waals surface area contributed by atoms with Crippen LogP contribution in [0.25, 0.3) is 0 Å². The van der Waals surface area contributed by atoms with Crippen LogP contribution in [0.3, 0.4) is 0 Å². The third-order valence-corrected chi connectivity index (χ3v) is 4.88. The Hall–Kier alpha value is -1.30. The maximum absolute atomic E-state index is 11.6. The van der Waals surface area contributed by atoms with E-state index in [1.54, 1.807) is 17.7 Å². The van der Waals surface area contributed by atoms with E-state index in [1.807, 2.05) is 6.26 Å². The van der Waals surface area contributed by atoms with E-state index in [4.69, 9.17) is 0 Å². The van der Waals surface area contributed by atoms with Gasteiger partial charge in [0.1, 0.15) is 0 Å². The SMILES string of the molecule is CNC(=O)C1CCC(Cn2c(O)cc(SC)c2O)CC1. The number of thioether (sulfide) groups is 1. The standard InChI is InChI=1S/C14H22N2O3S/c1-15-13(18)10-5-3-9(4-6-10)8-16-12(17)7-11(20-2)14(16)19/h7,9-10,17,19H,3-6,8H2,1-2H3,(H,15,18). The van der Waals surface area contributed by atoms with Crippen molar-refractivity contribution < 1.29 is 15.0 Å². The van der Waals surface area contributed by atoms with Gasteiger partial charge in [-0.2, -0.15) is 0 Å². The average Bonchev–Trinajstić information content (AvgIpc) is 2.74. The number of amides is 1. The molecule has 5 nitrogen and oxygen atoms in total. The third-order valence-electron chi connectivity index (χ3n) is 4.14. The first kappa shape index (κ1) is 15.1. The van der Waals surface area contributed by atoms with Gasteiger partial charge in [-0.1, -0.05) is 0 Å². The first-order valence-electron chi connectivity index (χ1n) is 6.93. The molecule has 1 amide bonds. The summed E-state index contributed by atoms with van der Waals surface area (Å²) in [5.41, 5.74) is 0. The molecule has 1 aliphatic carbocycles. The molecule has 0 saturated heterocycles. The quantitative estimate of drug-likeness (QED) is 0.745. The van der Waals surface area contributed by atoms with Gasteiger partial charge in [-0.05, 0) is 37.9 Å². The second kappa shape index (κ2) is 6.43. The molecule has 1 aliphatic rings. The molecule has 1 heterocycles. The zero-order valence-corrected chi connectivity index (χ0v) is 12.7. The number of nitrogens with one attached hydrogen (secondary N) is 1. The highest BCUT2D eigenvalue weighted by atomic mass is 32.2. The highest BCUT2D eigenvalue weighted by Crippen LogP contribution is 2.37. The Morgan fingerprint density at radius 3 is 2.55 bits per heavy atom. The van der Waals surface area contributed by atoms with E-state index in [2.05, 4.69) is 5.32 Å². The van der Waals surface area contributed by atoms with Gasteiger partial charge in [0.05, 0.1) is 4.90 Å². The van der Waals surface area contributed by atoms with Crippen molar-refractivity contribution in [3.8, 4) is 11.8 Å². The molecule has 2 rings (SSSR count). The number of hydrogen-bond donors (Lipinski definition) is 3. The molecular formula is C14H22N2O3S. The second-order valence-electron chi connectivity index (χ2n) is 5.34. The van der Waals surface area contributed by atoms with Crippen molar-refractivity contribution in [1.82, 2.24) is 9.88 Å². The number of hydrogen-bond acceptors (Lipinski definition) is 4. The zero-order valence-electron chi connectivity index (χ0n) is 11.9. The number of aromatic nitrogens is 1. The Labute approximate surface area is 123 Å². The predicted octanol–water partition coefficient (Wildman–Crippen LogP) is 2.17. The van der Waals surface area contributed by atoms with Crippen molar-refractivity contribution in [1.29, 1.82) is 0 Å². The Morgan fingerprint density at radius 2 is 2.05 bits per heavy atom. The Kier molecular flexibility index (Phi) is 4.86. The Bertz CT molecular complexity index is 479. The summed E-state index contributed by atoms with van der Waals surface area (Å²) >= 11 is 1.42. The van der Waals surface area contributed by atoms with Crippen LogP contribution in [-0.2, 0) is 11.3 Å². The molecule has 1 fully saturated rings.